The van der Waals surface area contributed by atoms with Crippen LogP contribution < -0.4 is 0 Å². The maximum atomic E-state index is 10.8. The van der Waals surface area contributed by atoms with Gasteiger partial charge in [0.15, 0.2) is 0 Å². The van der Waals surface area contributed by atoms with Crippen LogP contribution in [-0.2, 0) is 31.5 Å². The van der Waals surface area contributed by atoms with Gasteiger partial charge in [-0.15, -0.1) is 0 Å². The molecule has 0 aromatic heterocycles. The Bertz CT molecular complexity index is 651. The van der Waals surface area contributed by atoms with E-state index >= 15 is 0 Å². The fraction of sp³-hybridized carbons (Fsp3) is 0.900. The summed E-state index contributed by atoms with van der Waals surface area (Å²) in [6.07, 6.45) is 19.7. The maximum Gasteiger partial charge on any atom is -0.0125 e. The molecule has 0 heterocycles. The molecule has 0 unspecified atom stereocenters. The Morgan fingerprint density at radius 3 is 0.491 bits per heavy atom. The number of hydrogen-bond acceptors (Lipinski definition) is 8. The van der Waals surface area contributed by atoms with E-state index in [0.717, 1.165) is 0 Å². The molecular weight excluding hydrogens is 1110 g/mol. The van der Waals surface area contributed by atoms with Crippen LogP contribution in [0.2, 0.25) is 35.5 Å². The summed E-state index contributed by atoms with van der Waals surface area (Å²) in [5.41, 5.74) is 0. The first-order chi connectivity index (χ1) is 24.8. The Kier molecular flexibility index (Phi) is 61.4. The van der Waals surface area contributed by atoms with E-state index in [-0.39, 0.29) is 34.8 Å². The molecule has 0 aliphatic heterocycles. The average Bonchev–Trinajstić information content (AvgIpc) is 3.09. The Hall–Kier alpha value is 1.29. The van der Waals surface area contributed by atoms with Crippen molar-refractivity contribution in [2.24, 2.45) is 0 Å². The number of carbonyl (C=O) groups excluding carboxylic acids is 4. The third-order valence-corrected chi connectivity index (χ3v) is 35.0. The average molecular weight is 1200 g/mol. The molecule has 0 aliphatic carbocycles. The van der Waals surface area contributed by atoms with Gasteiger partial charge in [0.25, 0.3) is 0 Å². The Morgan fingerprint density at radius 2 is 0.415 bits per heavy atom. The molecule has 315 valence electrons. The fourth-order valence-corrected chi connectivity index (χ4v) is 31.6. The summed E-state index contributed by atoms with van der Waals surface area (Å²) in [4.78, 5) is 43.2. The van der Waals surface area contributed by atoms with Crippen molar-refractivity contribution in [2.45, 2.75) is 221 Å². The van der Waals surface area contributed by atoms with Gasteiger partial charge in [-0.05, 0) is 11.0 Å². The molecule has 0 aromatic carbocycles. The monoisotopic (exact) mass is 1200 g/mol. The zero-order valence-electron chi connectivity index (χ0n) is 37.2. The second-order valence-corrected chi connectivity index (χ2v) is 39.4. The molecular formula is C40H87O8SiSn4. The van der Waals surface area contributed by atoms with Crippen molar-refractivity contribution >= 4 is 116 Å². The van der Waals surface area contributed by atoms with E-state index in [2.05, 4.69) is 55.4 Å². The van der Waals surface area contributed by atoms with E-state index < -0.39 is 80.7 Å². The minimum atomic E-state index is -1.73. The van der Waals surface area contributed by atoms with E-state index in [9.17, 15) is 19.2 Å². The number of carbonyl (C=O) groups is 4. The SMILES string of the molecule is CCC[CH2][Sn]([CH2]CCC)[O]C(C)=O.CCC[CH2][Sn]([CH2]CCC)[O]C(C)=O.CCC[CH2][Sn]([CH2]CCC)[O]C(C)=O.CCC[CH2][Sn]([CH2]CCC)[O]C(C)=O.[SiH3]. The van der Waals surface area contributed by atoms with Gasteiger partial charge in [-0.3, -0.25) is 0 Å². The predicted molar refractivity (Wildman–Crippen MR) is 238 cm³/mol. The van der Waals surface area contributed by atoms with Gasteiger partial charge in [0.05, 0.1) is 0 Å². The zero-order chi connectivity index (χ0) is 40.4. The van der Waals surface area contributed by atoms with E-state index in [1.54, 1.807) is 27.7 Å². The fourth-order valence-electron chi connectivity index (χ4n) is 4.71. The quantitative estimate of drug-likeness (QED) is 0.0714. The molecule has 0 aromatic rings. The molecule has 0 spiro atoms. The molecule has 0 fully saturated rings. The van der Waals surface area contributed by atoms with Crippen molar-refractivity contribution in [3.8, 4) is 0 Å². The molecule has 0 N–H and O–H groups in total. The van der Waals surface area contributed by atoms with E-state index in [0.29, 0.717) is 0 Å². The molecule has 0 bridgehead atoms. The Labute approximate surface area is 364 Å². The number of rotatable bonds is 28. The third kappa shape index (κ3) is 57.7. The third-order valence-electron chi connectivity index (χ3n) is 7.63. The molecule has 0 rings (SSSR count). The van der Waals surface area contributed by atoms with Crippen LogP contribution in [0.5, 0.6) is 0 Å². The molecule has 13 heteroatoms. The molecule has 0 amide bonds. The smallest absolute Gasteiger partial charge is 0.0125 e. The summed E-state index contributed by atoms with van der Waals surface area (Å²) < 4.78 is 31.4. The molecule has 0 atom stereocenters. The van der Waals surface area contributed by atoms with Gasteiger partial charge >= 0.3 is 357 Å². The van der Waals surface area contributed by atoms with Gasteiger partial charge in [-0.2, -0.15) is 0 Å². The van der Waals surface area contributed by atoms with Crippen molar-refractivity contribution in [1.29, 1.82) is 0 Å². The minimum Gasteiger partial charge on any atom is -0.0125 e. The summed E-state index contributed by atoms with van der Waals surface area (Å²) >= 11 is -6.94. The van der Waals surface area contributed by atoms with Gasteiger partial charge in [0.2, 0.25) is 0 Å². The second-order valence-electron chi connectivity index (χ2n) is 13.4. The van der Waals surface area contributed by atoms with Crippen molar-refractivity contribution in [3.05, 3.63) is 0 Å². The zero-order valence-corrected chi connectivity index (χ0v) is 50.7. The topological polar surface area (TPSA) is 105 Å². The van der Waals surface area contributed by atoms with Gasteiger partial charge in [0.1, 0.15) is 0 Å². The molecule has 53 heavy (non-hydrogen) atoms. The molecule has 0 saturated carbocycles. The van der Waals surface area contributed by atoms with E-state index in [1.165, 1.54) is 138 Å². The van der Waals surface area contributed by atoms with Crippen LogP contribution in [0.4, 0.5) is 0 Å². The van der Waals surface area contributed by atoms with Crippen LogP contribution in [0.1, 0.15) is 186 Å². The molecule has 5 radical (unpaired) electrons. The first-order valence-corrected chi connectivity index (χ1v) is 41.7. The van der Waals surface area contributed by atoms with Gasteiger partial charge in [0, 0.05) is 0 Å². The summed E-state index contributed by atoms with van der Waals surface area (Å²) in [6, 6.07) is 0. The van der Waals surface area contributed by atoms with Crippen LogP contribution in [-0.4, -0.2) is 116 Å². The van der Waals surface area contributed by atoms with Crippen molar-refractivity contribution in [1.82, 2.24) is 0 Å². The van der Waals surface area contributed by atoms with Crippen LogP contribution in [0, 0.1) is 0 Å². The molecule has 0 aliphatic rings. The standard InChI is InChI=1S/8C4H9.4C2H4O2.H3Si.4Sn/c8*1-3-4-2;4*1-2(3)4;;;;;/h8*1,3-4H2,2H3;4*1H3,(H,3,4);1H3;;;;/q;;;;;;;;;;;;;4*+1/p-4. The minimum absolute atomic E-state index is 0. The maximum absolute atomic E-state index is 10.8. The largest absolute Gasteiger partial charge is 0.0125 e. The number of hydrogen-bond donors (Lipinski definition) is 0. The van der Waals surface area contributed by atoms with Crippen LogP contribution >= 0.6 is 0 Å². The summed E-state index contributed by atoms with van der Waals surface area (Å²) in [5, 5.41) is 0. The van der Waals surface area contributed by atoms with Gasteiger partial charge < -0.3 is 0 Å². The first-order valence-electron chi connectivity index (χ1n) is 20.9. The van der Waals surface area contributed by atoms with E-state index in [1.807, 2.05) is 0 Å². The van der Waals surface area contributed by atoms with Crippen molar-refractivity contribution in [2.75, 3.05) is 0 Å². The summed E-state index contributed by atoms with van der Waals surface area (Å²) in [7, 11) is 0. The molecule has 0 saturated heterocycles. The van der Waals surface area contributed by atoms with Gasteiger partial charge in [-0.25, -0.2) is 0 Å². The van der Waals surface area contributed by atoms with Crippen LogP contribution in [0.3, 0.4) is 0 Å². The number of unbranched alkanes of at least 4 members (excludes halogenated alkanes) is 8. The Balaban J connectivity index is -0.000000192. The van der Waals surface area contributed by atoms with E-state index in [4.69, 9.17) is 12.3 Å². The van der Waals surface area contributed by atoms with Crippen LogP contribution in [0.25, 0.3) is 0 Å². The summed E-state index contributed by atoms with van der Waals surface area (Å²) in [6.45, 7) is 23.7. The normalized spacial score (nSPS) is 10.3. The molecule has 8 nitrogen and oxygen atoms in total. The summed E-state index contributed by atoms with van der Waals surface area (Å²) in [5.74, 6) is -0.216. The first kappa shape index (κ1) is 63.5. The van der Waals surface area contributed by atoms with Crippen LogP contribution in [0.15, 0.2) is 0 Å². The van der Waals surface area contributed by atoms with Gasteiger partial charge in [-0.1, -0.05) is 0 Å². The second kappa shape index (κ2) is 51.3. The van der Waals surface area contributed by atoms with Crippen molar-refractivity contribution in [3.63, 3.8) is 0 Å². The Morgan fingerprint density at radius 1 is 0.302 bits per heavy atom. The predicted octanol–water partition coefficient (Wildman–Crippen LogP) is 11.4. The van der Waals surface area contributed by atoms with Crippen molar-refractivity contribution < 1.29 is 31.5 Å².